The average Bonchev–Trinajstić information content (AvgIpc) is 3.88. The van der Waals surface area contributed by atoms with Gasteiger partial charge in [0.15, 0.2) is 0 Å². The molecule has 0 aliphatic rings. The minimum absolute atomic E-state index is 0.0136. The molecule has 0 bridgehead atoms. The van der Waals surface area contributed by atoms with Gasteiger partial charge in [-0.2, -0.15) is 0 Å². The predicted molar refractivity (Wildman–Crippen MR) is 296 cm³/mol. The molecule has 12 aromatic carbocycles. The van der Waals surface area contributed by atoms with E-state index in [4.69, 9.17) is 0 Å². The molecule has 0 atom stereocenters. The van der Waals surface area contributed by atoms with Crippen LogP contribution < -0.4 is 4.90 Å². The van der Waals surface area contributed by atoms with Crippen LogP contribution in [0.15, 0.2) is 189 Å². The molecule has 0 amide bonds. The fourth-order valence-electron chi connectivity index (χ4n) is 12.2. The lowest BCUT2D eigenvalue weighted by atomic mass is 9.83. The van der Waals surface area contributed by atoms with Crippen molar-refractivity contribution in [1.29, 1.82) is 0 Å². The summed E-state index contributed by atoms with van der Waals surface area (Å²) in [6.07, 6.45) is 7.57. The highest BCUT2D eigenvalue weighted by Gasteiger charge is 2.30. The zero-order valence-electron chi connectivity index (χ0n) is 39.7. The molecule has 0 aliphatic heterocycles. The summed E-state index contributed by atoms with van der Waals surface area (Å²) in [5, 5.41) is 23.4. The van der Waals surface area contributed by atoms with Crippen molar-refractivity contribution < 1.29 is 0 Å². The summed E-state index contributed by atoms with van der Waals surface area (Å²) in [5.74, 6) is 0. The molecule has 0 spiro atoms. The van der Waals surface area contributed by atoms with Gasteiger partial charge in [0.2, 0.25) is 0 Å². The van der Waals surface area contributed by atoms with Crippen LogP contribution in [-0.2, 0) is 10.8 Å². The van der Waals surface area contributed by atoms with Gasteiger partial charge < -0.3 is 4.90 Å². The Morgan fingerprint density at radius 3 is 1.19 bits per heavy atom. The second-order valence-corrected chi connectivity index (χ2v) is 21.3. The first-order valence-corrected chi connectivity index (χ1v) is 24.3. The minimum atomic E-state index is 0.0136. The van der Waals surface area contributed by atoms with Gasteiger partial charge in [0, 0.05) is 17.8 Å². The van der Waals surface area contributed by atoms with E-state index < -0.39 is 0 Å². The summed E-state index contributed by atoms with van der Waals surface area (Å²) in [4.78, 5) is 11.5. The summed E-state index contributed by atoms with van der Waals surface area (Å²) in [7, 11) is 0. The molecule has 2 heterocycles. The SMILES string of the molecule is CC(C)(C)c1ccc(-c2c3c4cccc5c(N(c6cccnc6)c6cccnc6)ccc(c3c(-c3ccc(C(C)(C)C)cc3)c3c6ccc7c8cccc9cccc(c%10ccc(c23)c6c%107)c98)c54)cc1. The number of hydrogen-bond acceptors (Lipinski definition) is 3. The second-order valence-electron chi connectivity index (χ2n) is 21.3. The third-order valence-corrected chi connectivity index (χ3v) is 15.4. The van der Waals surface area contributed by atoms with Gasteiger partial charge in [-0.25, -0.2) is 0 Å². The zero-order chi connectivity index (χ0) is 46.5. The molecular formula is C66H49N3. The molecule has 14 rings (SSSR count). The standard InChI is InChI=1S/C66H49N3/c1-65(2,3)41-24-20-39(21-25-41)56-61-50-19-9-18-49-54(69(43-14-10-34-67-36-43)44-15-11-35-68-37-44)33-32-51(58(49)50)62(61)57(40-22-26-42(27-23-40)66(4,5)6)64-53-31-29-48-46-17-8-13-38-12-7-16-45(55(38)46)47-28-30-52(63(56)64)60(53)59(47)48/h7-37H,1-6H3. The van der Waals surface area contributed by atoms with E-state index in [1.54, 1.807) is 0 Å². The Labute approximate surface area is 401 Å². The molecule has 3 heteroatoms. The summed E-state index contributed by atoms with van der Waals surface area (Å²) in [6, 6.07) is 62.4. The monoisotopic (exact) mass is 883 g/mol. The molecule has 69 heavy (non-hydrogen) atoms. The fourth-order valence-corrected chi connectivity index (χ4v) is 12.2. The molecule has 0 fully saturated rings. The summed E-state index contributed by atoms with van der Waals surface area (Å²) in [6.45, 7) is 13.8. The van der Waals surface area contributed by atoms with Gasteiger partial charge in [0.1, 0.15) is 0 Å². The van der Waals surface area contributed by atoms with Crippen LogP contribution in [0.5, 0.6) is 0 Å². The van der Waals surface area contributed by atoms with Crippen molar-refractivity contribution in [3.05, 3.63) is 200 Å². The number of benzene rings is 10. The van der Waals surface area contributed by atoms with Crippen LogP contribution in [0.3, 0.4) is 0 Å². The van der Waals surface area contributed by atoms with Crippen molar-refractivity contribution in [3.8, 4) is 22.3 Å². The van der Waals surface area contributed by atoms with E-state index in [2.05, 4.69) is 208 Å². The molecule has 0 unspecified atom stereocenters. The number of pyridine rings is 2. The van der Waals surface area contributed by atoms with E-state index in [0.29, 0.717) is 0 Å². The lowest BCUT2D eigenvalue weighted by Crippen LogP contribution is -2.10. The van der Waals surface area contributed by atoms with Crippen LogP contribution in [0.2, 0.25) is 0 Å². The highest BCUT2D eigenvalue weighted by Crippen LogP contribution is 2.58. The lowest BCUT2D eigenvalue weighted by Gasteiger charge is -2.26. The third-order valence-electron chi connectivity index (χ3n) is 15.4. The molecule has 0 aliphatic carbocycles. The number of anilines is 3. The average molecular weight is 884 g/mol. The molecular weight excluding hydrogens is 835 g/mol. The van der Waals surface area contributed by atoms with E-state index in [1.807, 2.05) is 36.9 Å². The summed E-state index contributed by atoms with van der Waals surface area (Å²) < 4.78 is 0. The number of aromatic nitrogens is 2. The molecule has 328 valence electrons. The Bertz CT molecular complexity index is 4100. The number of hydrogen-bond donors (Lipinski definition) is 0. The Hall–Kier alpha value is -8.14. The lowest BCUT2D eigenvalue weighted by molar-refractivity contribution is 0.590. The van der Waals surface area contributed by atoms with E-state index in [-0.39, 0.29) is 10.8 Å². The first-order chi connectivity index (χ1) is 33.5. The predicted octanol–water partition coefficient (Wildman–Crippen LogP) is 18.6. The Morgan fingerprint density at radius 1 is 0.319 bits per heavy atom. The fraction of sp³-hybridized carbons (Fsp3) is 0.121. The van der Waals surface area contributed by atoms with Crippen molar-refractivity contribution >= 4 is 114 Å². The highest BCUT2D eigenvalue weighted by molar-refractivity contribution is 6.49. The smallest absolute Gasteiger partial charge is 0.0645 e. The van der Waals surface area contributed by atoms with Gasteiger partial charge in [-0.15, -0.1) is 0 Å². The Balaban J connectivity index is 1.21. The van der Waals surface area contributed by atoms with E-state index in [1.165, 1.54) is 130 Å². The van der Waals surface area contributed by atoms with Crippen LogP contribution in [0.25, 0.3) is 119 Å². The normalized spacial score (nSPS) is 12.8. The van der Waals surface area contributed by atoms with Crippen LogP contribution >= 0.6 is 0 Å². The van der Waals surface area contributed by atoms with Crippen molar-refractivity contribution in [2.45, 2.75) is 52.4 Å². The van der Waals surface area contributed by atoms with Crippen molar-refractivity contribution in [2.24, 2.45) is 0 Å². The van der Waals surface area contributed by atoms with Gasteiger partial charge in [0.05, 0.1) is 29.5 Å². The molecule has 0 saturated heterocycles. The first-order valence-electron chi connectivity index (χ1n) is 24.3. The van der Waals surface area contributed by atoms with Crippen LogP contribution in [0.4, 0.5) is 17.1 Å². The maximum atomic E-state index is 4.60. The second kappa shape index (κ2) is 14.2. The third kappa shape index (κ3) is 5.62. The number of nitrogens with zero attached hydrogens (tertiary/aromatic N) is 3. The van der Waals surface area contributed by atoms with E-state index in [9.17, 15) is 0 Å². The first kappa shape index (κ1) is 40.0. The molecule has 0 N–H and O–H groups in total. The molecule has 0 radical (unpaired) electrons. The Morgan fingerprint density at radius 2 is 0.710 bits per heavy atom. The quantitative estimate of drug-likeness (QED) is 0.127. The van der Waals surface area contributed by atoms with E-state index in [0.717, 1.165) is 17.1 Å². The highest BCUT2D eigenvalue weighted by atomic mass is 15.2. The van der Waals surface area contributed by atoms with Gasteiger partial charge in [-0.3, -0.25) is 9.97 Å². The number of fused-ring (bicyclic) bond motifs is 8. The maximum Gasteiger partial charge on any atom is 0.0645 e. The summed E-state index contributed by atoms with van der Waals surface area (Å²) in [5.41, 5.74) is 10.8. The molecule has 2 aromatic heterocycles. The van der Waals surface area contributed by atoms with Crippen molar-refractivity contribution in [2.75, 3.05) is 4.90 Å². The van der Waals surface area contributed by atoms with Gasteiger partial charge >= 0.3 is 0 Å². The van der Waals surface area contributed by atoms with Gasteiger partial charge in [-0.1, -0.05) is 175 Å². The van der Waals surface area contributed by atoms with Crippen LogP contribution in [0.1, 0.15) is 52.7 Å². The molecule has 0 saturated carbocycles. The van der Waals surface area contributed by atoms with Gasteiger partial charge in [-0.05, 0) is 166 Å². The largest absolute Gasteiger partial charge is 0.307 e. The van der Waals surface area contributed by atoms with Crippen molar-refractivity contribution in [3.63, 3.8) is 0 Å². The van der Waals surface area contributed by atoms with Crippen LogP contribution in [0, 0.1) is 0 Å². The van der Waals surface area contributed by atoms with Crippen molar-refractivity contribution in [1.82, 2.24) is 9.97 Å². The number of rotatable bonds is 5. The van der Waals surface area contributed by atoms with E-state index >= 15 is 0 Å². The summed E-state index contributed by atoms with van der Waals surface area (Å²) >= 11 is 0. The molecule has 14 aromatic rings. The van der Waals surface area contributed by atoms with Gasteiger partial charge in [0.25, 0.3) is 0 Å². The zero-order valence-corrected chi connectivity index (χ0v) is 39.7. The minimum Gasteiger partial charge on any atom is -0.307 e. The maximum absolute atomic E-state index is 4.60. The topological polar surface area (TPSA) is 29.0 Å². The van der Waals surface area contributed by atoms with Crippen LogP contribution in [-0.4, -0.2) is 9.97 Å². The molecule has 3 nitrogen and oxygen atoms in total. The Kier molecular flexibility index (Phi) is 8.23.